The van der Waals surface area contributed by atoms with Crippen molar-refractivity contribution >= 4 is 0 Å². The maximum atomic E-state index is 12.1. The maximum Gasteiger partial charge on any atom is 0.272 e. The van der Waals surface area contributed by atoms with Gasteiger partial charge in [-0.15, -0.1) is 0 Å². The van der Waals surface area contributed by atoms with Crippen LogP contribution < -0.4 is 10.1 Å². The Morgan fingerprint density at radius 2 is 2.12 bits per heavy atom. The third-order valence-electron chi connectivity index (χ3n) is 2.34. The molecule has 0 saturated heterocycles. The van der Waals surface area contributed by atoms with Gasteiger partial charge in [0.15, 0.2) is 6.61 Å². The third kappa shape index (κ3) is 4.26. The van der Waals surface area contributed by atoms with Crippen molar-refractivity contribution in [3.05, 3.63) is 22.9 Å². The minimum atomic E-state index is -2.48. The maximum absolute atomic E-state index is 12.1. The van der Waals surface area contributed by atoms with Gasteiger partial charge in [-0.3, -0.25) is 0 Å². The fourth-order valence-electron chi connectivity index (χ4n) is 1.56. The van der Waals surface area contributed by atoms with Gasteiger partial charge < -0.3 is 10.1 Å². The van der Waals surface area contributed by atoms with E-state index in [1.165, 1.54) is 0 Å². The molecule has 17 heavy (non-hydrogen) atoms. The van der Waals surface area contributed by atoms with Crippen LogP contribution in [-0.2, 0) is 6.54 Å². The van der Waals surface area contributed by atoms with Gasteiger partial charge in [0, 0.05) is 17.8 Å². The number of hydrogen-bond donors (Lipinski definition) is 1. The standard InChI is InChI=1S/C12H18F2N2O/c1-4-15-6-10-8(2)5-9(3)16-12(10)17-7-11(13)14/h5,11,15H,4,6-7H2,1-3H3. The number of alkyl halides is 2. The lowest BCUT2D eigenvalue weighted by atomic mass is 10.1. The molecule has 0 spiro atoms. The zero-order valence-electron chi connectivity index (χ0n) is 10.4. The number of pyridine rings is 1. The highest BCUT2D eigenvalue weighted by atomic mass is 19.3. The predicted octanol–water partition coefficient (Wildman–Crippen LogP) is 2.45. The van der Waals surface area contributed by atoms with Gasteiger partial charge in [-0.2, -0.15) is 0 Å². The number of aryl methyl sites for hydroxylation is 2. The summed E-state index contributed by atoms with van der Waals surface area (Å²) in [7, 11) is 0. The number of halogens is 2. The van der Waals surface area contributed by atoms with Crippen molar-refractivity contribution in [3.63, 3.8) is 0 Å². The van der Waals surface area contributed by atoms with Crippen molar-refractivity contribution in [2.24, 2.45) is 0 Å². The fraction of sp³-hybridized carbons (Fsp3) is 0.583. The number of nitrogens with one attached hydrogen (secondary N) is 1. The lowest BCUT2D eigenvalue weighted by Gasteiger charge is -2.14. The highest BCUT2D eigenvalue weighted by Crippen LogP contribution is 2.21. The average Bonchev–Trinajstić information content (AvgIpc) is 2.24. The number of ether oxygens (including phenoxy) is 1. The van der Waals surface area contributed by atoms with Crippen LogP contribution in [0.1, 0.15) is 23.7 Å². The van der Waals surface area contributed by atoms with E-state index in [1.807, 2.05) is 26.8 Å². The summed E-state index contributed by atoms with van der Waals surface area (Å²) in [6.07, 6.45) is -2.48. The first kappa shape index (κ1) is 13.8. The number of nitrogens with zero attached hydrogens (tertiary/aromatic N) is 1. The Morgan fingerprint density at radius 3 is 2.71 bits per heavy atom. The monoisotopic (exact) mass is 244 g/mol. The molecule has 5 heteroatoms. The first-order valence-corrected chi connectivity index (χ1v) is 5.63. The summed E-state index contributed by atoms with van der Waals surface area (Å²) in [4.78, 5) is 4.16. The van der Waals surface area contributed by atoms with E-state index in [4.69, 9.17) is 4.74 Å². The zero-order chi connectivity index (χ0) is 12.8. The Hall–Kier alpha value is -1.23. The fourth-order valence-corrected chi connectivity index (χ4v) is 1.56. The molecular weight excluding hydrogens is 226 g/mol. The van der Waals surface area contributed by atoms with Gasteiger partial charge in [-0.25, -0.2) is 13.8 Å². The van der Waals surface area contributed by atoms with E-state index < -0.39 is 13.0 Å². The summed E-state index contributed by atoms with van der Waals surface area (Å²) in [5.41, 5.74) is 2.62. The molecule has 0 atom stereocenters. The largest absolute Gasteiger partial charge is 0.471 e. The van der Waals surface area contributed by atoms with Gasteiger partial charge in [0.05, 0.1) is 0 Å². The molecule has 1 heterocycles. The quantitative estimate of drug-likeness (QED) is 0.834. The molecular formula is C12H18F2N2O. The second-order valence-corrected chi connectivity index (χ2v) is 3.85. The molecule has 0 bridgehead atoms. The summed E-state index contributed by atoms with van der Waals surface area (Å²) in [5, 5.41) is 3.15. The van der Waals surface area contributed by atoms with Crippen molar-refractivity contribution in [1.29, 1.82) is 0 Å². The summed E-state index contributed by atoms with van der Waals surface area (Å²) in [5.74, 6) is 0.309. The number of rotatable bonds is 6. The molecule has 0 aliphatic rings. The van der Waals surface area contributed by atoms with Crippen molar-refractivity contribution < 1.29 is 13.5 Å². The van der Waals surface area contributed by atoms with Crippen LogP contribution in [0.5, 0.6) is 5.88 Å². The second kappa shape index (κ2) is 6.49. The number of aromatic nitrogens is 1. The third-order valence-corrected chi connectivity index (χ3v) is 2.34. The van der Waals surface area contributed by atoms with Gasteiger partial charge in [0.25, 0.3) is 6.43 Å². The van der Waals surface area contributed by atoms with E-state index in [0.717, 1.165) is 23.4 Å². The van der Waals surface area contributed by atoms with Crippen molar-refractivity contribution in [3.8, 4) is 5.88 Å². The Bertz CT molecular complexity index is 370. The topological polar surface area (TPSA) is 34.2 Å². The van der Waals surface area contributed by atoms with Crippen molar-refractivity contribution in [1.82, 2.24) is 10.3 Å². The van der Waals surface area contributed by atoms with Gasteiger partial charge in [0.2, 0.25) is 5.88 Å². The molecule has 1 rings (SSSR count). The molecule has 1 N–H and O–H groups in total. The van der Waals surface area contributed by atoms with Gasteiger partial charge in [-0.05, 0) is 32.0 Å². The van der Waals surface area contributed by atoms with Crippen molar-refractivity contribution in [2.45, 2.75) is 33.7 Å². The Morgan fingerprint density at radius 1 is 1.41 bits per heavy atom. The zero-order valence-corrected chi connectivity index (χ0v) is 10.4. The lowest BCUT2D eigenvalue weighted by Crippen LogP contribution is -2.16. The molecule has 0 saturated carbocycles. The summed E-state index contributed by atoms with van der Waals surface area (Å²) < 4.78 is 29.3. The number of hydrogen-bond acceptors (Lipinski definition) is 3. The van der Waals surface area contributed by atoms with Crippen LogP contribution in [-0.4, -0.2) is 24.6 Å². The average molecular weight is 244 g/mol. The highest BCUT2D eigenvalue weighted by molar-refractivity contribution is 5.35. The Balaban J connectivity index is 2.89. The normalized spacial score (nSPS) is 10.9. The van der Waals surface area contributed by atoms with E-state index in [0.29, 0.717) is 12.4 Å². The van der Waals surface area contributed by atoms with Crippen LogP contribution >= 0.6 is 0 Å². The Labute approximate surface area is 100 Å². The van der Waals surface area contributed by atoms with E-state index >= 15 is 0 Å². The molecule has 0 aromatic carbocycles. The van der Waals surface area contributed by atoms with E-state index in [-0.39, 0.29) is 0 Å². The van der Waals surface area contributed by atoms with Crippen LogP contribution in [0.4, 0.5) is 8.78 Å². The first-order chi connectivity index (χ1) is 8.04. The first-order valence-electron chi connectivity index (χ1n) is 5.63. The van der Waals surface area contributed by atoms with Gasteiger partial charge in [0.1, 0.15) is 0 Å². The van der Waals surface area contributed by atoms with E-state index in [9.17, 15) is 8.78 Å². The minimum Gasteiger partial charge on any atom is -0.471 e. The summed E-state index contributed by atoms with van der Waals surface area (Å²) in [6.45, 7) is 6.50. The summed E-state index contributed by atoms with van der Waals surface area (Å²) >= 11 is 0. The van der Waals surface area contributed by atoms with Crippen LogP contribution in [0.15, 0.2) is 6.07 Å². The van der Waals surface area contributed by atoms with Crippen LogP contribution in [0.25, 0.3) is 0 Å². The van der Waals surface area contributed by atoms with E-state index in [2.05, 4.69) is 10.3 Å². The molecule has 3 nitrogen and oxygen atoms in total. The molecule has 1 aromatic heterocycles. The SMILES string of the molecule is CCNCc1c(C)cc(C)nc1OCC(F)F. The molecule has 0 aliphatic heterocycles. The molecule has 0 aliphatic carbocycles. The van der Waals surface area contributed by atoms with Crippen LogP contribution in [0, 0.1) is 13.8 Å². The molecule has 96 valence electrons. The smallest absolute Gasteiger partial charge is 0.272 e. The minimum absolute atomic E-state index is 0.309. The molecule has 0 amide bonds. The van der Waals surface area contributed by atoms with Gasteiger partial charge in [-0.1, -0.05) is 6.92 Å². The molecule has 0 radical (unpaired) electrons. The molecule has 0 unspecified atom stereocenters. The Kier molecular flexibility index (Phi) is 5.28. The second-order valence-electron chi connectivity index (χ2n) is 3.85. The van der Waals surface area contributed by atoms with Crippen LogP contribution in [0.3, 0.4) is 0 Å². The lowest BCUT2D eigenvalue weighted by molar-refractivity contribution is 0.0788. The predicted molar refractivity (Wildman–Crippen MR) is 62.6 cm³/mol. The van der Waals surface area contributed by atoms with Gasteiger partial charge >= 0.3 is 0 Å². The van der Waals surface area contributed by atoms with Crippen molar-refractivity contribution in [2.75, 3.05) is 13.2 Å². The van der Waals surface area contributed by atoms with E-state index in [1.54, 1.807) is 0 Å². The molecule has 0 fully saturated rings. The highest BCUT2D eigenvalue weighted by Gasteiger charge is 2.12. The molecule has 1 aromatic rings. The summed E-state index contributed by atoms with van der Waals surface area (Å²) in [6, 6.07) is 1.92. The van der Waals surface area contributed by atoms with Crippen LogP contribution in [0.2, 0.25) is 0 Å².